The van der Waals surface area contributed by atoms with Crippen LogP contribution in [0.5, 0.6) is 0 Å². The number of rotatable bonds is 3. The molecule has 0 saturated heterocycles. The number of amidine groups is 1. The van der Waals surface area contributed by atoms with Crippen LogP contribution < -0.4 is 5.32 Å². The molecule has 3 nitrogen and oxygen atoms in total. The molecule has 1 aliphatic rings. The highest BCUT2D eigenvalue weighted by molar-refractivity contribution is 8.14. The van der Waals surface area contributed by atoms with Crippen LogP contribution in [0.2, 0.25) is 5.02 Å². The molecule has 0 unspecified atom stereocenters. The predicted octanol–water partition coefficient (Wildman–Crippen LogP) is 3.57. The van der Waals surface area contributed by atoms with Crippen molar-refractivity contribution >= 4 is 34.4 Å². The molecule has 0 saturated carbocycles. The van der Waals surface area contributed by atoms with Gasteiger partial charge in [0.25, 0.3) is 0 Å². The van der Waals surface area contributed by atoms with Crippen molar-refractivity contribution in [1.82, 2.24) is 5.32 Å². The highest BCUT2D eigenvalue weighted by Crippen LogP contribution is 2.27. The van der Waals surface area contributed by atoms with Crippen molar-refractivity contribution in [3.8, 4) is 0 Å². The van der Waals surface area contributed by atoms with E-state index in [0.717, 1.165) is 16.9 Å². The Morgan fingerprint density at radius 2 is 2.21 bits per heavy atom. The van der Waals surface area contributed by atoms with Crippen molar-refractivity contribution in [2.45, 2.75) is 19.4 Å². The molecule has 19 heavy (non-hydrogen) atoms. The van der Waals surface area contributed by atoms with Crippen LogP contribution >= 0.6 is 23.4 Å². The number of amides is 1. The maximum absolute atomic E-state index is 11.7. The number of halogens is 1. The zero-order chi connectivity index (χ0) is 13.8. The molecular formula is C14H15ClN2OS. The van der Waals surface area contributed by atoms with E-state index in [9.17, 15) is 4.79 Å². The average molecular weight is 295 g/mol. The Morgan fingerprint density at radius 1 is 1.53 bits per heavy atom. The Labute approximate surface area is 122 Å². The van der Waals surface area contributed by atoms with Gasteiger partial charge < -0.3 is 5.32 Å². The summed E-state index contributed by atoms with van der Waals surface area (Å²) in [4.78, 5) is 16.3. The summed E-state index contributed by atoms with van der Waals surface area (Å²) in [7, 11) is 0. The van der Waals surface area contributed by atoms with Gasteiger partial charge in [0.15, 0.2) is 5.17 Å². The second-order valence-corrected chi connectivity index (χ2v) is 5.90. The van der Waals surface area contributed by atoms with Gasteiger partial charge in [0.2, 0.25) is 5.91 Å². The zero-order valence-electron chi connectivity index (χ0n) is 10.6. The van der Waals surface area contributed by atoms with Gasteiger partial charge in [-0.05, 0) is 24.6 Å². The molecule has 1 heterocycles. The van der Waals surface area contributed by atoms with Crippen LogP contribution in [0.15, 0.2) is 41.4 Å². The summed E-state index contributed by atoms with van der Waals surface area (Å²) in [6, 6.07) is 7.34. The van der Waals surface area contributed by atoms with E-state index in [1.165, 1.54) is 11.8 Å². The van der Waals surface area contributed by atoms with Crippen molar-refractivity contribution in [2.75, 3.05) is 5.75 Å². The highest BCUT2D eigenvalue weighted by Gasteiger charge is 2.22. The first kappa shape index (κ1) is 14.2. The molecule has 5 heteroatoms. The van der Waals surface area contributed by atoms with Crippen molar-refractivity contribution in [2.24, 2.45) is 4.99 Å². The number of thioether (sulfide) groups is 1. The molecule has 0 aliphatic carbocycles. The van der Waals surface area contributed by atoms with Gasteiger partial charge in [0.1, 0.15) is 0 Å². The van der Waals surface area contributed by atoms with Gasteiger partial charge in [-0.25, -0.2) is 0 Å². The van der Waals surface area contributed by atoms with Crippen LogP contribution in [-0.2, 0) is 4.79 Å². The summed E-state index contributed by atoms with van der Waals surface area (Å²) < 4.78 is 0. The molecule has 1 amide bonds. The fourth-order valence-electron chi connectivity index (χ4n) is 1.71. The summed E-state index contributed by atoms with van der Waals surface area (Å²) in [5.74, 6) is 0.756. The number of nitrogens with zero attached hydrogens (tertiary/aromatic N) is 1. The fraction of sp³-hybridized carbons (Fsp3) is 0.286. The fourth-order valence-corrected chi connectivity index (χ4v) is 2.60. The molecular weight excluding hydrogens is 280 g/mol. The molecule has 1 N–H and O–H groups in total. The van der Waals surface area contributed by atoms with Gasteiger partial charge in [-0.15, -0.1) is 0 Å². The van der Waals surface area contributed by atoms with E-state index in [0.29, 0.717) is 16.6 Å². The SMILES string of the molecule is C=C(C)CSC1=N[C@@H](c2ccc(Cl)cc2)CC(=O)N1. The average Bonchev–Trinajstić information content (AvgIpc) is 2.36. The van der Waals surface area contributed by atoms with Crippen molar-refractivity contribution in [3.05, 3.63) is 47.0 Å². The lowest BCUT2D eigenvalue weighted by Crippen LogP contribution is -2.34. The molecule has 0 bridgehead atoms. The summed E-state index contributed by atoms with van der Waals surface area (Å²) >= 11 is 7.37. The molecule has 1 aliphatic heterocycles. The Morgan fingerprint density at radius 3 is 2.84 bits per heavy atom. The van der Waals surface area contributed by atoms with Gasteiger partial charge in [0, 0.05) is 10.8 Å². The monoisotopic (exact) mass is 294 g/mol. The van der Waals surface area contributed by atoms with Crippen LogP contribution in [0.3, 0.4) is 0 Å². The van der Waals surface area contributed by atoms with Gasteiger partial charge in [-0.1, -0.05) is 47.6 Å². The largest absolute Gasteiger partial charge is 0.305 e. The van der Waals surface area contributed by atoms with E-state index in [1.54, 1.807) is 0 Å². The minimum atomic E-state index is -0.126. The van der Waals surface area contributed by atoms with Crippen molar-refractivity contribution < 1.29 is 4.79 Å². The second kappa shape index (κ2) is 6.26. The van der Waals surface area contributed by atoms with Crippen molar-refractivity contribution in [1.29, 1.82) is 0 Å². The van der Waals surface area contributed by atoms with Gasteiger partial charge in [0.05, 0.1) is 12.5 Å². The van der Waals surface area contributed by atoms with E-state index in [2.05, 4.69) is 16.9 Å². The molecule has 0 spiro atoms. The van der Waals surface area contributed by atoms with Crippen LogP contribution in [0, 0.1) is 0 Å². The molecule has 2 rings (SSSR count). The first-order chi connectivity index (χ1) is 9.04. The molecule has 0 radical (unpaired) electrons. The first-order valence-electron chi connectivity index (χ1n) is 5.95. The number of carbonyl (C=O) groups is 1. The van der Waals surface area contributed by atoms with Gasteiger partial charge in [-0.3, -0.25) is 9.79 Å². The molecule has 1 aromatic carbocycles. The third-order valence-corrected chi connectivity index (χ3v) is 3.98. The topological polar surface area (TPSA) is 41.5 Å². The molecule has 0 fully saturated rings. The van der Waals surface area contributed by atoms with Crippen LogP contribution in [0.25, 0.3) is 0 Å². The summed E-state index contributed by atoms with van der Waals surface area (Å²) in [5, 5.41) is 4.14. The minimum absolute atomic E-state index is 0.000773. The minimum Gasteiger partial charge on any atom is -0.305 e. The van der Waals surface area contributed by atoms with E-state index in [1.807, 2.05) is 31.2 Å². The number of hydrogen-bond donors (Lipinski definition) is 1. The first-order valence-corrected chi connectivity index (χ1v) is 7.31. The number of aliphatic imine (C=N–C) groups is 1. The normalized spacial score (nSPS) is 18.7. The zero-order valence-corrected chi connectivity index (χ0v) is 12.2. The van der Waals surface area contributed by atoms with Crippen LogP contribution in [0.1, 0.15) is 24.9 Å². The summed E-state index contributed by atoms with van der Waals surface area (Å²) in [6.07, 6.45) is 0.374. The third-order valence-electron chi connectivity index (χ3n) is 2.61. The van der Waals surface area contributed by atoms with E-state index >= 15 is 0 Å². The predicted molar refractivity (Wildman–Crippen MR) is 81.7 cm³/mol. The standard InChI is InChI=1S/C14H15ClN2OS/c1-9(2)8-19-14-16-12(7-13(18)17-14)10-3-5-11(15)6-4-10/h3-6,12H,1,7-8H2,2H3,(H,16,17,18)/t12-/m1/s1. The molecule has 1 atom stereocenters. The van der Waals surface area contributed by atoms with E-state index in [4.69, 9.17) is 11.6 Å². The van der Waals surface area contributed by atoms with Crippen molar-refractivity contribution in [3.63, 3.8) is 0 Å². The number of hydrogen-bond acceptors (Lipinski definition) is 3. The maximum atomic E-state index is 11.7. The quantitative estimate of drug-likeness (QED) is 0.866. The highest BCUT2D eigenvalue weighted by atomic mass is 35.5. The second-order valence-electron chi connectivity index (χ2n) is 4.50. The van der Waals surface area contributed by atoms with Gasteiger partial charge >= 0.3 is 0 Å². The molecule has 100 valence electrons. The Hall–Kier alpha value is -1.26. The Bertz CT molecular complexity index is 525. The Kier molecular flexibility index (Phi) is 4.66. The van der Waals surface area contributed by atoms with E-state index in [-0.39, 0.29) is 11.9 Å². The molecule has 1 aromatic rings. The van der Waals surface area contributed by atoms with Crippen LogP contribution in [-0.4, -0.2) is 16.8 Å². The summed E-state index contributed by atoms with van der Waals surface area (Å²) in [6.45, 7) is 5.80. The number of carbonyl (C=O) groups excluding carboxylic acids is 1. The molecule has 0 aromatic heterocycles. The van der Waals surface area contributed by atoms with E-state index < -0.39 is 0 Å². The third kappa shape index (κ3) is 4.11. The van der Waals surface area contributed by atoms with Gasteiger partial charge in [-0.2, -0.15) is 0 Å². The maximum Gasteiger partial charge on any atom is 0.228 e. The summed E-state index contributed by atoms with van der Waals surface area (Å²) in [5.41, 5.74) is 2.06. The lowest BCUT2D eigenvalue weighted by molar-refractivity contribution is -0.120. The van der Waals surface area contributed by atoms with Crippen LogP contribution in [0.4, 0.5) is 0 Å². The number of nitrogens with one attached hydrogen (secondary N) is 1. The number of benzene rings is 1. The Balaban J connectivity index is 2.15. The lowest BCUT2D eigenvalue weighted by Gasteiger charge is -2.20. The smallest absolute Gasteiger partial charge is 0.228 e. The lowest BCUT2D eigenvalue weighted by atomic mass is 10.0.